The van der Waals surface area contributed by atoms with E-state index in [9.17, 15) is 5.11 Å². The van der Waals surface area contributed by atoms with E-state index in [1.165, 1.54) is 0 Å². The van der Waals surface area contributed by atoms with Crippen LogP contribution in [0, 0.1) is 0 Å². The molecule has 1 aromatic heterocycles. The van der Waals surface area contributed by atoms with Gasteiger partial charge in [-0.2, -0.15) is 5.10 Å². The van der Waals surface area contributed by atoms with Crippen LogP contribution in [-0.4, -0.2) is 38.9 Å². The second-order valence-electron chi connectivity index (χ2n) is 6.01. The second-order valence-corrected chi connectivity index (χ2v) is 6.01. The highest BCUT2D eigenvalue weighted by Crippen LogP contribution is 2.33. The minimum Gasteiger partial charge on any atom is -0.385 e. The molecule has 1 unspecified atom stereocenters. The smallest absolute Gasteiger partial charge is 0.0939 e. The Labute approximate surface area is 116 Å². The van der Waals surface area contributed by atoms with Crippen molar-refractivity contribution in [2.45, 2.75) is 64.6 Å². The number of aryl methyl sites for hydroxylation is 1. The van der Waals surface area contributed by atoms with Crippen molar-refractivity contribution >= 4 is 0 Å². The lowest BCUT2D eigenvalue weighted by Gasteiger charge is -2.27. The predicted molar refractivity (Wildman–Crippen MR) is 77.0 cm³/mol. The van der Waals surface area contributed by atoms with Crippen molar-refractivity contribution in [2.24, 2.45) is 0 Å². The number of hydrogen-bond donors (Lipinski definition) is 1. The Hall–Kier alpha value is -0.870. The molecule has 108 valence electrons. The van der Waals surface area contributed by atoms with Crippen molar-refractivity contribution in [3.05, 3.63) is 18.0 Å². The molecule has 1 saturated heterocycles. The minimum atomic E-state index is -0.685. The molecule has 19 heavy (non-hydrogen) atoms. The summed E-state index contributed by atoms with van der Waals surface area (Å²) in [6, 6.07) is 0.560. The molecule has 0 amide bonds. The highest BCUT2D eigenvalue weighted by Gasteiger charge is 2.33. The molecule has 0 spiro atoms. The number of hydrogen-bond acceptors (Lipinski definition) is 3. The Morgan fingerprint density at radius 1 is 1.37 bits per heavy atom. The van der Waals surface area contributed by atoms with E-state index in [-0.39, 0.29) is 0 Å². The van der Waals surface area contributed by atoms with Crippen LogP contribution in [0.4, 0.5) is 0 Å². The maximum absolute atomic E-state index is 10.9. The van der Waals surface area contributed by atoms with Crippen molar-refractivity contribution in [3.63, 3.8) is 0 Å². The predicted octanol–water partition coefficient (Wildman–Crippen LogP) is 2.38. The lowest BCUT2D eigenvalue weighted by atomic mass is 9.89. The summed E-state index contributed by atoms with van der Waals surface area (Å²) >= 11 is 0. The van der Waals surface area contributed by atoms with Crippen LogP contribution in [0.3, 0.4) is 0 Å². The van der Waals surface area contributed by atoms with Gasteiger partial charge in [0.25, 0.3) is 0 Å². The first-order valence-electron chi connectivity index (χ1n) is 7.54. The van der Waals surface area contributed by atoms with E-state index < -0.39 is 5.60 Å². The van der Waals surface area contributed by atoms with E-state index in [1.807, 2.05) is 17.1 Å². The summed E-state index contributed by atoms with van der Waals surface area (Å²) in [6.07, 6.45) is 7.64. The number of likely N-dealkylation sites (tertiary alicyclic amines) is 1. The molecule has 4 nitrogen and oxygen atoms in total. The zero-order valence-corrected chi connectivity index (χ0v) is 12.5. The fraction of sp³-hybridized carbons (Fsp3) is 0.800. The summed E-state index contributed by atoms with van der Waals surface area (Å²) in [6.45, 7) is 9.57. The van der Waals surface area contributed by atoms with Crippen LogP contribution in [0.25, 0.3) is 0 Å². The van der Waals surface area contributed by atoms with E-state index in [4.69, 9.17) is 0 Å². The standard InChI is InChI=1S/C15H27N3O/c1-4-8-18-12-14(11-16-18)15(19)6-5-9-17(10-7-15)13(2)3/h11-13,19H,4-10H2,1-3H3. The van der Waals surface area contributed by atoms with Gasteiger partial charge in [-0.3, -0.25) is 4.68 Å². The van der Waals surface area contributed by atoms with Crippen LogP contribution in [-0.2, 0) is 12.1 Å². The molecule has 4 heteroatoms. The van der Waals surface area contributed by atoms with E-state index in [2.05, 4.69) is 30.8 Å². The molecule has 1 N–H and O–H groups in total. The van der Waals surface area contributed by atoms with Crippen molar-refractivity contribution in [2.75, 3.05) is 13.1 Å². The lowest BCUT2D eigenvalue weighted by molar-refractivity contribution is 0.0203. The molecule has 0 saturated carbocycles. The lowest BCUT2D eigenvalue weighted by Crippen LogP contribution is -2.33. The molecule has 0 bridgehead atoms. The summed E-state index contributed by atoms with van der Waals surface area (Å²) in [7, 11) is 0. The number of aromatic nitrogens is 2. The summed E-state index contributed by atoms with van der Waals surface area (Å²) in [5.74, 6) is 0. The quantitative estimate of drug-likeness (QED) is 0.908. The molecule has 0 aromatic carbocycles. The van der Waals surface area contributed by atoms with Crippen LogP contribution >= 0.6 is 0 Å². The van der Waals surface area contributed by atoms with Gasteiger partial charge in [0, 0.05) is 30.9 Å². The molecule has 2 rings (SSSR count). The van der Waals surface area contributed by atoms with Crippen LogP contribution < -0.4 is 0 Å². The molecule has 0 radical (unpaired) electrons. The zero-order valence-electron chi connectivity index (χ0n) is 12.5. The first-order chi connectivity index (χ1) is 9.05. The molecule has 0 aliphatic carbocycles. The Bertz CT molecular complexity index is 402. The first-order valence-corrected chi connectivity index (χ1v) is 7.54. The topological polar surface area (TPSA) is 41.3 Å². The van der Waals surface area contributed by atoms with Crippen LogP contribution in [0.15, 0.2) is 12.4 Å². The molecular formula is C15H27N3O. The van der Waals surface area contributed by atoms with Gasteiger partial charge in [0.05, 0.1) is 11.8 Å². The minimum absolute atomic E-state index is 0.560. The Morgan fingerprint density at radius 2 is 2.16 bits per heavy atom. The monoisotopic (exact) mass is 265 g/mol. The number of nitrogens with zero attached hydrogens (tertiary/aromatic N) is 3. The van der Waals surface area contributed by atoms with Crippen LogP contribution in [0.1, 0.15) is 52.0 Å². The van der Waals surface area contributed by atoms with Crippen molar-refractivity contribution < 1.29 is 5.11 Å². The third kappa shape index (κ3) is 3.37. The normalized spacial score (nSPS) is 25.7. The summed E-state index contributed by atoms with van der Waals surface area (Å²) in [5, 5.41) is 15.3. The van der Waals surface area contributed by atoms with Gasteiger partial charge in [-0.05, 0) is 46.1 Å². The van der Waals surface area contributed by atoms with Crippen molar-refractivity contribution in [1.82, 2.24) is 14.7 Å². The average molecular weight is 265 g/mol. The van der Waals surface area contributed by atoms with Crippen molar-refractivity contribution in [3.8, 4) is 0 Å². The van der Waals surface area contributed by atoms with Gasteiger partial charge in [-0.15, -0.1) is 0 Å². The highest BCUT2D eigenvalue weighted by molar-refractivity contribution is 5.16. The molecule has 1 atom stereocenters. The molecule has 1 aromatic rings. The van der Waals surface area contributed by atoms with E-state index in [0.717, 1.165) is 50.9 Å². The van der Waals surface area contributed by atoms with Gasteiger partial charge >= 0.3 is 0 Å². The number of rotatable bonds is 4. The van der Waals surface area contributed by atoms with E-state index in [0.29, 0.717) is 6.04 Å². The fourth-order valence-electron chi connectivity index (χ4n) is 2.90. The van der Waals surface area contributed by atoms with E-state index in [1.54, 1.807) is 0 Å². The molecular weight excluding hydrogens is 238 g/mol. The zero-order chi connectivity index (χ0) is 13.9. The first kappa shape index (κ1) is 14.5. The SMILES string of the molecule is CCCn1cc(C2(O)CCCN(C(C)C)CC2)cn1. The van der Waals surface area contributed by atoms with E-state index >= 15 is 0 Å². The van der Waals surface area contributed by atoms with Gasteiger partial charge < -0.3 is 10.0 Å². The third-order valence-corrected chi connectivity index (χ3v) is 4.20. The molecule has 1 fully saturated rings. The van der Waals surface area contributed by atoms with Gasteiger partial charge in [0.15, 0.2) is 0 Å². The van der Waals surface area contributed by atoms with Gasteiger partial charge in [0.2, 0.25) is 0 Å². The van der Waals surface area contributed by atoms with Crippen LogP contribution in [0.2, 0.25) is 0 Å². The Morgan fingerprint density at radius 3 is 2.84 bits per heavy atom. The molecule has 1 aliphatic heterocycles. The van der Waals surface area contributed by atoms with Gasteiger partial charge in [0.1, 0.15) is 0 Å². The summed E-state index contributed by atoms with van der Waals surface area (Å²) < 4.78 is 1.94. The van der Waals surface area contributed by atoms with Crippen molar-refractivity contribution in [1.29, 1.82) is 0 Å². The highest BCUT2D eigenvalue weighted by atomic mass is 16.3. The summed E-state index contributed by atoms with van der Waals surface area (Å²) in [5.41, 5.74) is 0.307. The second kappa shape index (κ2) is 6.06. The Kier molecular flexibility index (Phi) is 4.63. The summed E-state index contributed by atoms with van der Waals surface area (Å²) in [4.78, 5) is 2.45. The number of aliphatic hydroxyl groups is 1. The molecule has 1 aliphatic rings. The van der Waals surface area contributed by atoms with Gasteiger partial charge in [-0.25, -0.2) is 0 Å². The largest absolute Gasteiger partial charge is 0.385 e. The third-order valence-electron chi connectivity index (χ3n) is 4.20. The maximum Gasteiger partial charge on any atom is 0.0939 e. The maximum atomic E-state index is 10.9. The van der Waals surface area contributed by atoms with Gasteiger partial charge in [-0.1, -0.05) is 6.92 Å². The average Bonchev–Trinajstić information content (AvgIpc) is 2.73. The van der Waals surface area contributed by atoms with Crippen LogP contribution in [0.5, 0.6) is 0 Å². The molecule has 2 heterocycles. The fourth-order valence-corrected chi connectivity index (χ4v) is 2.90. The Balaban J connectivity index is 2.08.